The second kappa shape index (κ2) is 12.4. The van der Waals surface area contributed by atoms with Gasteiger partial charge in [0, 0.05) is 6.54 Å². The highest BCUT2D eigenvalue weighted by Crippen LogP contribution is 2.31. The van der Waals surface area contributed by atoms with Crippen LogP contribution in [0.1, 0.15) is 48.2 Å². The molecule has 2 amide bonds. The van der Waals surface area contributed by atoms with Gasteiger partial charge < -0.3 is 20.1 Å². The van der Waals surface area contributed by atoms with Crippen molar-refractivity contribution in [2.24, 2.45) is 0 Å². The summed E-state index contributed by atoms with van der Waals surface area (Å²) in [6.45, 7) is 7.81. The molecule has 182 valence electrons. The first-order valence-electron chi connectivity index (χ1n) is 10.4. The molecule has 0 saturated heterocycles. The standard InChI is InChI=1S/C21H27F3N4O4S/c1-4-28(5-2)9-7-6-8-25-21(31)26-19-15(20(29)30)18(27-33-19)32-11-13-14(22)10-12(3)16(23)17(13)24/h10H,4-9,11H2,1-3H3,(H,29,30)(H2,25,26,31). The number of carboxylic acids is 1. The van der Waals surface area contributed by atoms with Crippen LogP contribution in [-0.2, 0) is 6.61 Å². The molecule has 8 nitrogen and oxygen atoms in total. The highest BCUT2D eigenvalue weighted by atomic mass is 32.1. The number of nitrogens with zero attached hydrogens (tertiary/aromatic N) is 2. The fourth-order valence-electron chi connectivity index (χ4n) is 3.02. The van der Waals surface area contributed by atoms with E-state index in [4.69, 9.17) is 4.74 Å². The number of rotatable bonds is 12. The predicted molar refractivity (Wildman–Crippen MR) is 119 cm³/mol. The lowest BCUT2D eigenvalue weighted by Crippen LogP contribution is -2.30. The molecule has 0 spiro atoms. The number of nitrogens with one attached hydrogen (secondary N) is 2. The molecule has 1 aromatic heterocycles. The fourth-order valence-corrected chi connectivity index (χ4v) is 3.74. The minimum atomic E-state index is -1.45. The predicted octanol–water partition coefficient (Wildman–Crippen LogP) is 4.39. The summed E-state index contributed by atoms with van der Waals surface area (Å²) >= 11 is 0.640. The molecule has 0 fully saturated rings. The van der Waals surface area contributed by atoms with Gasteiger partial charge in [-0.3, -0.25) is 5.32 Å². The van der Waals surface area contributed by atoms with Gasteiger partial charge in [-0.2, -0.15) is 4.37 Å². The molecule has 0 aliphatic heterocycles. The van der Waals surface area contributed by atoms with E-state index in [1.165, 1.54) is 6.92 Å². The van der Waals surface area contributed by atoms with Crippen LogP contribution in [0.2, 0.25) is 0 Å². The van der Waals surface area contributed by atoms with Gasteiger partial charge in [-0.1, -0.05) is 13.8 Å². The smallest absolute Gasteiger partial charge is 0.344 e. The highest BCUT2D eigenvalue weighted by Gasteiger charge is 2.25. The van der Waals surface area contributed by atoms with Crippen LogP contribution in [0.15, 0.2) is 6.07 Å². The van der Waals surface area contributed by atoms with Gasteiger partial charge in [0.2, 0.25) is 5.88 Å². The number of halogens is 3. The summed E-state index contributed by atoms with van der Waals surface area (Å²) in [6.07, 6.45) is 1.64. The van der Waals surface area contributed by atoms with Crippen molar-refractivity contribution in [1.82, 2.24) is 14.6 Å². The quantitative estimate of drug-likeness (QED) is 0.302. The number of carbonyl (C=O) groups is 2. The minimum absolute atomic E-state index is 0.103. The molecule has 1 heterocycles. The Labute approximate surface area is 193 Å². The van der Waals surface area contributed by atoms with E-state index in [0.717, 1.165) is 38.5 Å². The van der Waals surface area contributed by atoms with Crippen molar-refractivity contribution in [2.75, 3.05) is 31.5 Å². The van der Waals surface area contributed by atoms with E-state index in [2.05, 4.69) is 33.8 Å². The highest BCUT2D eigenvalue weighted by molar-refractivity contribution is 7.11. The Kier molecular flexibility index (Phi) is 9.92. The summed E-state index contributed by atoms with van der Waals surface area (Å²) in [6, 6.07) is 0.198. The van der Waals surface area contributed by atoms with Crippen molar-refractivity contribution in [2.45, 2.75) is 40.2 Å². The third kappa shape index (κ3) is 7.06. The first kappa shape index (κ1) is 26.4. The van der Waals surface area contributed by atoms with Gasteiger partial charge in [0.1, 0.15) is 17.4 Å². The van der Waals surface area contributed by atoms with Crippen LogP contribution in [0.5, 0.6) is 5.88 Å². The number of benzene rings is 1. The molecular weight excluding hydrogens is 461 g/mol. The number of unbranched alkanes of at least 4 members (excludes halogenated alkanes) is 1. The third-order valence-corrected chi connectivity index (χ3v) is 5.72. The number of aryl methyl sites for hydroxylation is 1. The van der Waals surface area contributed by atoms with Crippen LogP contribution >= 0.6 is 11.5 Å². The molecule has 0 aliphatic rings. The summed E-state index contributed by atoms with van der Waals surface area (Å²) in [5, 5.41) is 14.4. The Morgan fingerprint density at radius 2 is 1.88 bits per heavy atom. The molecule has 2 rings (SSSR count). The van der Waals surface area contributed by atoms with Crippen LogP contribution < -0.4 is 15.4 Å². The number of urea groups is 1. The van der Waals surface area contributed by atoms with Crippen molar-refractivity contribution >= 4 is 28.5 Å². The number of hydrogen-bond acceptors (Lipinski definition) is 6. The average Bonchev–Trinajstić information content (AvgIpc) is 3.17. The van der Waals surface area contributed by atoms with Crippen molar-refractivity contribution < 1.29 is 32.6 Å². The Balaban J connectivity index is 1.97. The summed E-state index contributed by atoms with van der Waals surface area (Å²) in [4.78, 5) is 26.0. The fraction of sp³-hybridized carbons (Fsp3) is 0.476. The van der Waals surface area contributed by atoms with Crippen LogP contribution in [-0.4, -0.2) is 52.6 Å². The number of anilines is 1. The molecule has 3 N–H and O–H groups in total. The second-order valence-electron chi connectivity index (χ2n) is 7.18. The molecule has 0 unspecified atom stereocenters. The maximum absolute atomic E-state index is 14.0. The van der Waals surface area contributed by atoms with Gasteiger partial charge in [-0.25, -0.2) is 22.8 Å². The summed E-state index contributed by atoms with van der Waals surface area (Å²) in [7, 11) is 0. The molecule has 12 heteroatoms. The molecular formula is C21H27F3N4O4S. The maximum atomic E-state index is 14.0. The van der Waals surface area contributed by atoms with E-state index in [0.29, 0.717) is 18.1 Å². The van der Waals surface area contributed by atoms with E-state index in [1.807, 2.05) is 0 Å². The normalized spacial score (nSPS) is 11.0. The molecule has 33 heavy (non-hydrogen) atoms. The molecule has 0 saturated carbocycles. The number of ether oxygens (including phenoxy) is 1. The Morgan fingerprint density at radius 1 is 1.18 bits per heavy atom. The summed E-state index contributed by atoms with van der Waals surface area (Å²) in [5.41, 5.74) is -1.37. The Bertz CT molecular complexity index is 983. The van der Waals surface area contributed by atoms with Crippen LogP contribution in [0.3, 0.4) is 0 Å². The molecule has 1 aromatic carbocycles. The molecule has 2 aromatic rings. The van der Waals surface area contributed by atoms with E-state index in [-0.39, 0.29) is 10.6 Å². The summed E-state index contributed by atoms with van der Waals surface area (Å²) in [5.74, 6) is -5.57. The number of carbonyl (C=O) groups excluding carboxylic acids is 1. The first-order chi connectivity index (χ1) is 15.7. The number of aromatic carboxylic acids is 1. The van der Waals surface area contributed by atoms with Crippen molar-refractivity contribution in [3.05, 3.63) is 40.2 Å². The summed E-state index contributed by atoms with van der Waals surface area (Å²) < 4.78 is 50.7. The van der Waals surface area contributed by atoms with Crippen molar-refractivity contribution in [3.8, 4) is 5.88 Å². The zero-order valence-electron chi connectivity index (χ0n) is 18.6. The van der Waals surface area contributed by atoms with E-state index < -0.39 is 53.1 Å². The van der Waals surface area contributed by atoms with Crippen LogP contribution in [0, 0.1) is 24.4 Å². The van der Waals surface area contributed by atoms with Gasteiger partial charge >= 0.3 is 12.0 Å². The second-order valence-corrected chi connectivity index (χ2v) is 7.96. The lowest BCUT2D eigenvalue weighted by Gasteiger charge is -2.17. The van der Waals surface area contributed by atoms with Gasteiger partial charge in [0.15, 0.2) is 17.2 Å². The first-order valence-corrected chi connectivity index (χ1v) is 11.2. The monoisotopic (exact) mass is 488 g/mol. The largest absolute Gasteiger partial charge is 0.477 e. The average molecular weight is 489 g/mol. The lowest BCUT2D eigenvalue weighted by molar-refractivity contribution is 0.0693. The SMILES string of the molecule is CCN(CC)CCCCNC(=O)Nc1snc(OCc2c(F)cc(C)c(F)c2F)c1C(=O)O. The van der Waals surface area contributed by atoms with E-state index >= 15 is 0 Å². The molecule has 0 aliphatic carbocycles. The lowest BCUT2D eigenvalue weighted by atomic mass is 10.1. The van der Waals surface area contributed by atoms with Gasteiger partial charge in [0.05, 0.1) is 5.56 Å². The number of amides is 2. The van der Waals surface area contributed by atoms with Gasteiger partial charge in [0.25, 0.3) is 0 Å². The zero-order valence-corrected chi connectivity index (χ0v) is 19.5. The molecule has 0 radical (unpaired) electrons. The van der Waals surface area contributed by atoms with Crippen LogP contribution in [0.4, 0.5) is 23.0 Å². The topological polar surface area (TPSA) is 104 Å². The molecule has 0 atom stereocenters. The maximum Gasteiger partial charge on any atom is 0.344 e. The van der Waals surface area contributed by atoms with E-state index in [1.54, 1.807) is 0 Å². The number of carboxylic acid groups (broad SMARTS) is 1. The third-order valence-electron chi connectivity index (χ3n) is 4.97. The van der Waals surface area contributed by atoms with Crippen molar-refractivity contribution in [3.63, 3.8) is 0 Å². The van der Waals surface area contributed by atoms with Crippen molar-refractivity contribution in [1.29, 1.82) is 0 Å². The molecule has 0 bridgehead atoms. The minimum Gasteiger partial charge on any atom is -0.477 e. The van der Waals surface area contributed by atoms with Gasteiger partial charge in [-0.15, -0.1) is 0 Å². The van der Waals surface area contributed by atoms with E-state index in [9.17, 15) is 27.9 Å². The zero-order chi connectivity index (χ0) is 24.5. The van der Waals surface area contributed by atoms with Gasteiger partial charge in [-0.05, 0) is 62.6 Å². The Morgan fingerprint density at radius 3 is 2.52 bits per heavy atom. The number of aromatic nitrogens is 1. The number of hydrogen-bond donors (Lipinski definition) is 3. The Hall–Kier alpha value is -2.86. The van der Waals surface area contributed by atoms with Crippen LogP contribution in [0.25, 0.3) is 0 Å².